The molecule has 3 atom stereocenters. The lowest BCUT2D eigenvalue weighted by atomic mass is 9.80. The van der Waals surface area contributed by atoms with Gasteiger partial charge >= 0.3 is 0 Å². The van der Waals surface area contributed by atoms with Crippen molar-refractivity contribution in [3.8, 4) is 0 Å². The quantitative estimate of drug-likeness (QED) is 0.885. The Bertz CT molecular complexity index is 691. The van der Waals surface area contributed by atoms with Crippen molar-refractivity contribution < 1.29 is 9.59 Å². The highest BCUT2D eigenvalue weighted by atomic mass is 16.2. The van der Waals surface area contributed by atoms with Gasteiger partial charge in [0.25, 0.3) is 5.91 Å². The standard InChI is InChI=1S/C20H28N4O2/c25-18(16-11-14-2-3-15(10-14)12-16)23-9-6-20(13-23)5-1-8-24(20)19(26)17-4-7-21-22-17/h4,7,14-16H,1-3,5-6,8-13H2,(H,21,22). The maximum Gasteiger partial charge on any atom is 0.272 e. The van der Waals surface area contributed by atoms with Crippen molar-refractivity contribution in [2.24, 2.45) is 17.8 Å². The van der Waals surface area contributed by atoms with Gasteiger partial charge in [-0.3, -0.25) is 14.7 Å². The molecule has 140 valence electrons. The first-order valence-electron chi connectivity index (χ1n) is 10.2. The van der Waals surface area contributed by atoms with Crippen LogP contribution in [0.3, 0.4) is 0 Å². The summed E-state index contributed by atoms with van der Waals surface area (Å²) < 4.78 is 0. The predicted molar refractivity (Wildman–Crippen MR) is 96.3 cm³/mol. The molecule has 2 aliphatic carbocycles. The van der Waals surface area contributed by atoms with Gasteiger partial charge in [-0.05, 0) is 56.4 Å². The second-order valence-electron chi connectivity index (χ2n) is 8.98. The van der Waals surface area contributed by atoms with Crippen LogP contribution >= 0.6 is 0 Å². The summed E-state index contributed by atoms with van der Waals surface area (Å²) in [5.41, 5.74) is 0.394. The lowest BCUT2D eigenvalue weighted by molar-refractivity contribution is -0.136. The topological polar surface area (TPSA) is 69.3 Å². The molecule has 4 aliphatic rings. The number of carbonyl (C=O) groups is 2. The first kappa shape index (κ1) is 16.3. The highest BCUT2D eigenvalue weighted by Crippen LogP contribution is 2.46. The van der Waals surface area contributed by atoms with E-state index < -0.39 is 0 Å². The zero-order chi connectivity index (χ0) is 17.7. The van der Waals surface area contributed by atoms with Crippen LogP contribution in [0.4, 0.5) is 0 Å². The minimum atomic E-state index is -0.161. The highest BCUT2D eigenvalue weighted by molar-refractivity contribution is 5.93. The Morgan fingerprint density at radius 3 is 2.65 bits per heavy atom. The summed E-state index contributed by atoms with van der Waals surface area (Å²) in [7, 11) is 0. The normalized spacial score (nSPS) is 36.2. The Kier molecular flexibility index (Phi) is 3.83. The molecule has 1 aromatic heterocycles. The van der Waals surface area contributed by atoms with Crippen LogP contribution < -0.4 is 0 Å². The summed E-state index contributed by atoms with van der Waals surface area (Å²) in [5, 5.41) is 6.72. The smallest absolute Gasteiger partial charge is 0.272 e. The molecule has 1 N–H and O–H groups in total. The molecule has 3 heterocycles. The lowest BCUT2D eigenvalue weighted by Crippen LogP contribution is -2.50. The largest absolute Gasteiger partial charge is 0.340 e. The third kappa shape index (κ3) is 2.57. The predicted octanol–water partition coefficient (Wildman–Crippen LogP) is 2.44. The Morgan fingerprint density at radius 2 is 1.92 bits per heavy atom. The molecule has 2 bridgehead atoms. The molecule has 4 fully saturated rings. The number of nitrogens with one attached hydrogen (secondary N) is 1. The molecule has 0 radical (unpaired) electrons. The first-order valence-corrected chi connectivity index (χ1v) is 10.2. The number of rotatable bonds is 2. The maximum atomic E-state index is 13.2. The van der Waals surface area contributed by atoms with Gasteiger partial charge in [-0.1, -0.05) is 12.8 Å². The molecule has 2 saturated heterocycles. The molecule has 6 nitrogen and oxygen atoms in total. The van der Waals surface area contributed by atoms with Crippen LogP contribution in [0.2, 0.25) is 0 Å². The third-order valence-electron chi connectivity index (χ3n) is 7.45. The van der Waals surface area contributed by atoms with Crippen molar-refractivity contribution in [3.05, 3.63) is 18.0 Å². The van der Waals surface area contributed by atoms with E-state index in [1.807, 2.05) is 4.90 Å². The summed E-state index contributed by atoms with van der Waals surface area (Å²) in [5.74, 6) is 2.19. The highest BCUT2D eigenvalue weighted by Gasteiger charge is 2.50. The lowest BCUT2D eigenvalue weighted by Gasteiger charge is -2.36. The van der Waals surface area contributed by atoms with Crippen LogP contribution in [0.25, 0.3) is 0 Å². The second-order valence-corrected chi connectivity index (χ2v) is 8.98. The Morgan fingerprint density at radius 1 is 1.12 bits per heavy atom. The van der Waals surface area contributed by atoms with Gasteiger partial charge in [0.15, 0.2) is 0 Å². The third-order valence-corrected chi connectivity index (χ3v) is 7.45. The average molecular weight is 356 g/mol. The van der Waals surface area contributed by atoms with E-state index in [1.54, 1.807) is 12.3 Å². The second kappa shape index (κ2) is 6.10. The van der Waals surface area contributed by atoms with Gasteiger partial charge in [-0.15, -0.1) is 0 Å². The number of carbonyl (C=O) groups excluding carboxylic acids is 2. The van der Waals surface area contributed by atoms with Crippen molar-refractivity contribution in [3.63, 3.8) is 0 Å². The van der Waals surface area contributed by atoms with Crippen molar-refractivity contribution in [2.75, 3.05) is 19.6 Å². The van der Waals surface area contributed by atoms with E-state index in [2.05, 4.69) is 15.1 Å². The summed E-state index contributed by atoms with van der Waals surface area (Å²) in [6, 6.07) is 1.74. The van der Waals surface area contributed by atoms with E-state index in [4.69, 9.17) is 0 Å². The van der Waals surface area contributed by atoms with E-state index in [1.165, 1.54) is 19.3 Å². The number of fused-ring (bicyclic) bond motifs is 2. The fourth-order valence-corrected chi connectivity index (χ4v) is 6.21. The molecular formula is C20H28N4O2. The van der Waals surface area contributed by atoms with Crippen LogP contribution in [0.15, 0.2) is 12.3 Å². The van der Waals surface area contributed by atoms with Gasteiger partial charge in [0.1, 0.15) is 5.69 Å². The first-order chi connectivity index (χ1) is 12.6. The molecule has 2 saturated carbocycles. The van der Waals surface area contributed by atoms with Gasteiger partial charge in [-0.25, -0.2) is 0 Å². The molecule has 1 spiro atoms. The van der Waals surface area contributed by atoms with Crippen LogP contribution in [0.1, 0.15) is 61.9 Å². The van der Waals surface area contributed by atoms with Crippen LogP contribution in [0, 0.1) is 17.8 Å². The fraction of sp³-hybridized carbons (Fsp3) is 0.750. The molecule has 0 aromatic carbocycles. The van der Waals surface area contributed by atoms with Crippen molar-refractivity contribution >= 4 is 11.8 Å². The Hall–Kier alpha value is -1.85. The molecule has 26 heavy (non-hydrogen) atoms. The Labute approximate surface area is 154 Å². The van der Waals surface area contributed by atoms with E-state index in [0.29, 0.717) is 11.6 Å². The molecular weight excluding hydrogens is 328 g/mol. The molecule has 1 aromatic rings. The van der Waals surface area contributed by atoms with Crippen molar-refractivity contribution in [1.29, 1.82) is 0 Å². The van der Waals surface area contributed by atoms with Gasteiger partial charge in [-0.2, -0.15) is 5.10 Å². The van der Waals surface area contributed by atoms with Crippen LogP contribution in [-0.2, 0) is 4.79 Å². The van der Waals surface area contributed by atoms with Gasteiger partial charge in [0.05, 0.1) is 5.54 Å². The molecule has 2 aliphatic heterocycles. The minimum absolute atomic E-state index is 0.0324. The number of aromatic nitrogens is 2. The maximum absolute atomic E-state index is 13.2. The number of aromatic amines is 1. The number of likely N-dealkylation sites (tertiary alicyclic amines) is 2. The van der Waals surface area contributed by atoms with E-state index in [-0.39, 0.29) is 17.4 Å². The summed E-state index contributed by atoms with van der Waals surface area (Å²) >= 11 is 0. The van der Waals surface area contributed by atoms with Crippen molar-refractivity contribution in [1.82, 2.24) is 20.0 Å². The zero-order valence-electron chi connectivity index (χ0n) is 15.3. The summed E-state index contributed by atoms with van der Waals surface area (Å²) in [4.78, 5) is 30.2. The monoisotopic (exact) mass is 356 g/mol. The van der Waals surface area contributed by atoms with E-state index in [9.17, 15) is 9.59 Å². The summed E-state index contributed by atoms with van der Waals surface area (Å²) in [6.07, 6.45) is 10.7. The number of amides is 2. The van der Waals surface area contributed by atoms with E-state index >= 15 is 0 Å². The average Bonchev–Trinajstić information content (AvgIpc) is 3.43. The van der Waals surface area contributed by atoms with Gasteiger partial charge < -0.3 is 9.80 Å². The fourth-order valence-electron chi connectivity index (χ4n) is 6.21. The Balaban J connectivity index is 1.30. The number of nitrogens with zero attached hydrogens (tertiary/aromatic N) is 3. The number of hydrogen-bond acceptors (Lipinski definition) is 3. The zero-order valence-corrected chi connectivity index (χ0v) is 15.3. The van der Waals surface area contributed by atoms with Gasteiger partial charge in [0.2, 0.25) is 5.91 Å². The van der Waals surface area contributed by atoms with Gasteiger partial charge in [0, 0.05) is 31.7 Å². The van der Waals surface area contributed by atoms with Crippen molar-refractivity contribution in [2.45, 2.75) is 56.9 Å². The summed E-state index contributed by atoms with van der Waals surface area (Å²) in [6.45, 7) is 2.31. The van der Waals surface area contributed by atoms with E-state index in [0.717, 1.165) is 63.6 Å². The SMILES string of the molecule is O=C(C1CC2CCC(C2)C1)N1CCC2(CCCN2C(=O)c2ccn[nH]2)C1. The minimum Gasteiger partial charge on any atom is -0.340 e. The molecule has 2 amide bonds. The van der Waals surface area contributed by atoms with Crippen LogP contribution in [0.5, 0.6) is 0 Å². The molecule has 5 rings (SSSR count). The number of H-pyrrole nitrogens is 1. The molecule has 6 heteroatoms. The van der Waals surface area contributed by atoms with Crippen LogP contribution in [-0.4, -0.2) is 57.0 Å². The number of hydrogen-bond donors (Lipinski definition) is 1. The molecule has 3 unspecified atom stereocenters.